The second-order valence-electron chi connectivity index (χ2n) is 27.5. The first kappa shape index (κ1) is 79.1. The molecule has 4 amide bonds. The minimum absolute atomic E-state index is 0. The van der Waals surface area contributed by atoms with Crippen LogP contribution in [0.4, 0.5) is 11.4 Å². The van der Waals surface area contributed by atoms with Gasteiger partial charge in [0, 0.05) is 53.2 Å². The third-order valence-corrected chi connectivity index (χ3v) is 19.5. The van der Waals surface area contributed by atoms with Crippen molar-refractivity contribution in [3.63, 3.8) is 0 Å². The second-order valence-corrected chi connectivity index (χ2v) is 30.1. The number of carbonyl (C=O) groups excluding carboxylic acids is 5. The van der Waals surface area contributed by atoms with E-state index in [4.69, 9.17) is 18.3 Å². The number of benzene rings is 2. The number of carbonyl (C=O) groups is 5. The number of esters is 1. The van der Waals surface area contributed by atoms with E-state index in [1.807, 2.05) is 57.2 Å². The molecule has 516 valence electrons. The largest absolute Gasteiger partial charge is 1.00 e. The van der Waals surface area contributed by atoms with Crippen molar-refractivity contribution in [1.82, 2.24) is 49.8 Å². The van der Waals surface area contributed by atoms with Crippen molar-refractivity contribution in [3.05, 3.63) is 107 Å². The van der Waals surface area contributed by atoms with Gasteiger partial charge in [-0.2, -0.15) is 20.4 Å². The van der Waals surface area contributed by atoms with Crippen LogP contribution in [0.3, 0.4) is 0 Å². The zero-order chi connectivity index (χ0) is 69.1. The van der Waals surface area contributed by atoms with Gasteiger partial charge in [-0.3, -0.25) is 46.9 Å². The number of hydrogen-bond acceptors (Lipinski definition) is 19. The second kappa shape index (κ2) is 33.1. The number of phosphoric acid groups is 2. The van der Waals surface area contributed by atoms with Crippen molar-refractivity contribution in [3.8, 4) is 22.3 Å². The van der Waals surface area contributed by atoms with Crippen LogP contribution in [0.2, 0.25) is 0 Å². The minimum Gasteiger partial charge on any atom is -0.790 e. The Morgan fingerprint density at radius 1 is 0.588 bits per heavy atom. The van der Waals surface area contributed by atoms with Crippen molar-refractivity contribution >= 4 is 56.6 Å². The number of ether oxygens (including phenoxy) is 1. The van der Waals surface area contributed by atoms with E-state index in [1.54, 1.807) is 91.3 Å². The van der Waals surface area contributed by atoms with Crippen LogP contribution in [0, 0.1) is 63.2 Å². The molecule has 2 aromatic carbocycles. The van der Waals surface area contributed by atoms with Crippen LogP contribution in [0.1, 0.15) is 170 Å². The van der Waals surface area contributed by atoms with E-state index >= 15 is 0 Å². The van der Waals surface area contributed by atoms with Gasteiger partial charge < -0.3 is 50.0 Å². The molecular formula is C66H90N12Na2O15P2. The molecule has 0 unspecified atom stereocenters. The molecule has 4 heterocycles. The maximum absolute atomic E-state index is 14.0. The summed E-state index contributed by atoms with van der Waals surface area (Å²) in [6.07, 6.45) is 11.3. The van der Waals surface area contributed by atoms with Crippen LogP contribution in [0.15, 0.2) is 73.1 Å². The van der Waals surface area contributed by atoms with Gasteiger partial charge in [-0.15, -0.1) is 0 Å². The zero-order valence-electron chi connectivity index (χ0n) is 58.3. The van der Waals surface area contributed by atoms with Gasteiger partial charge in [0.25, 0.3) is 11.8 Å². The van der Waals surface area contributed by atoms with E-state index in [-0.39, 0.29) is 120 Å². The number of phosphoric ester groups is 2. The molecule has 0 bridgehead atoms. The molecule has 0 saturated heterocycles. The van der Waals surface area contributed by atoms with Crippen molar-refractivity contribution < 1.29 is 130 Å². The summed E-state index contributed by atoms with van der Waals surface area (Å²) in [6, 6.07) is 15.6. The van der Waals surface area contributed by atoms with Crippen molar-refractivity contribution in [2.75, 3.05) is 23.8 Å². The Labute approximate surface area is 610 Å². The number of aromatic nitrogens is 8. The van der Waals surface area contributed by atoms with Crippen LogP contribution in [0.5, 0.6) is 0 Å². The molecule has 0 aliphatic heterocycles. The van der Waals surface area contributed by atoms with Crippen LogP contribution in [-0.2, 0) is 59.8 Å². The molecular weight excluding hydrogens is 1310 g/mol. The number of amides is 4. The number of aryl methyl sites for hydroxylation is 2. The molecule has 5 N–H and O–H groups in total. The number of aliphatic hydroxyl groups excluding tert-OH is 1. The number of hydrogen-bond donors (Lipinski definition) is 5. The smallest absolute Gasteiger partial charge is 0.790 e. The Bertz CT molecular complexity index is 3780. The molecule has 10 rings (SSSR count). The maximum atomic E-state index is 14.0. The van der Waals surface area contributed by atoms with Gasteiger partial charge in [0.2, 0.25) is 11.8 Å². The molecule has 4 aromatic heterocycles. The first-order valence-electron chi connectivity index (χ1n) is 32.4. The molecule has 4 aliphatic carbocycles. The van der Waals surface area contributed by atoms with E-state index in [2.05, 4.69) is 46.2 Å². The SMILES string of the molecule is CC(=O)OC[C@H](C)n1nccc1C(=O)N[C@H](C(=O)Nc1ccc(-c2c(C)nn(COP(=O)(OC(C)(C)C)OC(C)(C)C)c2C)cc1)C(C1CC1)C1CC1.Cc1nn(COP(=O)([O-])[O-])c(C)c1-c1ccc(NC(=O)[C@@H](NC(=O)c2ccnn2[C@@H](C)CO)C(C2CC2)C2CC2)cc1.[Na+].[Na+]. The van der Waals surface area contributed by atoms with E-state index in [0.717, 1.165) is 85.0 Å². The van der Waals surface area contributed by atoms with Gasteiger partial charge in [0.15, 0.2) is 6.73 Å². The molecule has 4 fully saturated rings. The molecule has 0 spiro atoms. The van der Waals surface area contributed by atoms with Gasteiger partial charge in [0.1, 0.15) is 36.8 Å². The van der Waals surface area contributed by atoms with E-state index in [9.17, 15) is 48.0 Å². The molecule has 4 aliphatic rings. The summed E-state index contributed by atoms with van der Waals surface area (Å²) in [4.78, 5) is 88.0. The average Bonchev–Trinajstić information content (AvgIpc) is 1.60. The number of nitrogens with one attached hydrogen (secondary N) is 4. The van der Waals surface area contributed by atoms with Crippen molar-refractivity contribution in [2.45, 2.75) is 190 Å². The fourth-order valence-electron chi connectivity index (χ4n) is 12.3. The average molecular weight is 1400 g/mol. The minimum atomic E-state index is -5.14. The van der Waals surface area contributed by atoms with Gasteiger partial charge >= 0.3 is 72.9 Å². The van der Waals surface area contributed by atoms with E-state index in [1.165, 1.54) is 33.4 Å². The molecule has 31 heteroatoms. The Morgan fingerprint density at radius 3 is 1.28 bits per heavy atom. The monoisotopic (exact) mass is 1400 g/mol. The van der Waals surface area contributed by atoms with Crippen molar-refractivity contribution in [2.24, 2.45) is 35.5 Å². The summed E-state index contributed by atoms with van der Waals surface area (Å²) in [5.74, 6) is -0.178. The Hall–Kier alpha value is -5.19. The third-order valence-electron chi connectivity index (χ3n) is 17.1. The molecule has 4 saturated carbocycles. The first-order chi connectivity index (χ1) is 44.7. The molecule has 97 heavy (non-hydrogen) atoms. The van der Waals surface area contributed by atoms with Crippen LogP contribution in [0.25, 0.3) is 22.3 Å². The Balaban J connectivity index is 0.000000274. The predicted octanol–water partition coefficient (Wildman–Crippen LogP) is 3.27. The number of anilines is 2. The molecule has 4 atom stereocenters. The summed E-state index contributed by atoms with van der Waals surface area (Å²) >= 11 is 0. The Kier molecular flexibility index (Phi) is 27.0. The number of nitrogens with zero attached hydrogens (tertiary/aromatic N) is 8. The zero-order valence-corrected chi connectivity index (χ0v) is 64.1. The van der Waals surface area contributed by atoms with Gasteiger partial charge in [-0.1, -0.05) is 24.3 Å². The van der Waals surface area contributed by atoms with Gasteiger partial charge in [-0.05, 0) is 217 Å². The molecule has 0 radical (unpaired) electrons. The molecule has 6 aromatic rings. The standard InChI is InChI=1S/C38H55N6O8P.C28H37N6O7P.2Na/c1-23(21-49-26(4)45)44-31(19-20-39-44)35(46)41-34(33(28-11-12-28)29-13-14-29)36(47)40-30-17-15-27(16-18-30)32-24(2)42-43(25(32)3)22-50-53(48,51-37(5,6)7)52-38(8,9)10;1-16(14-35)34-23(12-13-29-34)27(36)31-26(25(20-4-5-20)21-6-7-21)28(37)30-22-10-8-19(9-11-22)24-17(2)32-33(18(24)3)15-41-42(38,39)40;;/h15-20,23,28-29,33-34H,11-14,21-22H2,1-10H3,(H,40,47)(H,41,46);8-13,16,20-21,25-26,35H,4-7,14-15H2,1-3H3,(H,30,37)(H,31,36)(H2,38,39,40);;/q;;2*+1/p-2/t23-,34-;16-,26-;;/m00../s1. The number of aliphatic hydroxyl groups is 1. The number of rotatable bonds is 29. The summed E-state index contributed by atoms with van der Waals surface area (Å²) in [6.45, 7) is 22.1. The molecule has 27 nitrogen and oxygen atoms in total. The fraction of sp³-hybridized carbons (Fsp3) is 0.561. The predicted molar refractivity (Wildman–Crippen MR) is 349 cm³/mol. The van der Waals surface area contributed by atoms with Gasteiger partial charge in [-0.25, -0.2) is 13.9 Å². The first-order valence-corrected chi connectivity index (χ1v) is 35.3. The summed E-state index contributed by atoms with van der Waals surface area (Å²) in [7, 11) is -9.09. The van der Waals surface area contributed by atoms with Gasteiger partial charge in [0.05, 0.1) is 49.1 Å². The summed E-state index contributed by atoms with van der Waals surface area (Å²) in [5.41, 5.74) is 6.25. The van der Waals surface area contributed by atoms with E-state index < -0.39 is 63.4 Å². The fourth-order valence-corrected chi connectivity index (χ4v) is 14.3. The quantitative estimate of drug-likeness (QED) is 0.0255. The van der Waals surface area contributed by atoms with Crippen LogP contribution < -0.4 is 90.2 Å². The topological polar surface area (TPSA) is 351 Å². The van der Waals surface area contributed by atoms with Crippen LogP contribution >= 0.6 is 15.6 Å². The third kappa shape index (κ3) is 21.7. The van der Waals surface area contributed by atoms with E-state index in [0.29, 0.717) is 52.1 Å². The normalized spacial score (nSPS) is 16.2. The maximum Gasteiger partial charge on any atom is 1.00 e. The summed E-state index contributed by atoms with van der Waals surface area (Å²) in [5, 5.41) is 39.1. The Morgan fingerprint density at radius 2 is 0.948 bits per heavy atom. The van der Waals surface area contributed by atoms with Crippen molar-refractivity contribution in [1.29, 1.82) is 0 Å². The summed E-state index contributed by atoms with van der Waals surface area (Å²) < 4.78 is 57.2. The van der Waals surface area contributed by atoms with Crippen LogP contribution in [-0.4, -0.2) is 110 Å².